The van der Waals surface area contributed by atoms with E-state index in [2.05, 4.69) is 75.7 Å². The number of rotatable bonds is 7. The Morgan fingerprint density at radius 2 is 1.57 bits per heavy atom. The van der Waals surface area contributed by atoms with Gasteiger partial charge in [0.2, 0.25) is 11.9 Å². The topological polar surface area (TPSA) is 139 Å². The predicted molar refractivity (Wildman–Crippen MR) is 169 cm³/mol. The molecule has 0 saturated carbocycles. The first-order chi connectivity index (χ1) is 19.8. The highest BCUT2D eigenvalue weighted by Gasteiger charge is 2.60. The molecule has 0 amide bonds. The summed E-state index contributed by atoms with van der Waals surface area (Å²) >= 11 is 0. The van der Waals surface area contributed by atoms with E-state index < -0.39 is 28.9 Å². The largest absolute Gasteiger partial charge is 0.414 e. The maximum atomic E-state index is 12.9. The van der Waals surface area contributed by atoms with Crippen molar-refractivity contribution in [2.24, 2.45) is 0 Å². The number of hydrogen-bond donors (Lipinski definition) is 3. The van der Waals surface area contributed by atoms with Crippen LogP contribution in [0.5, 0.6) is 0 Å². The van der Waals surface area contributed by atoms with Crippen LogP contribution < -0.4 is 16.6 Å². The molecule has 42 heavy (non-hydrogen) atoms. The molecule has 0 spiro atoms. The molecule has 3 atom stereocenters. The van der Waals surface area contributed by atoms with Crippen LogP contribution in [-0.2, 0) is 17.7 Å². The van der Waals surface area contributed by atoms with Gasteiger partial charge in [0.1, 0.15) is 12.3 Å². The lowest BCUT2D eigenvalue weighted by molar-refractivity contribution is -0.0539. The molecule has 3 aromatic rings. The lowest BCUT2D eigenvalue weighted by Crippen LogP contribution is -2.65. The van der Waals surface area contributed by atoms with Crippen molar-refractivity contribution in [3.8, 4) is 0 Å². The molecule has 1 aromatic carbocycles. The smallest absolute Gasteiger partial charge is 0.335 e. The lowest BCUT2D eigenvalue weighted by atomic mass is 10.2. The summed E-state index contributed by atoms with van der Waals surface area (Å²) in [5, 5.41) is 3.37. The number of anilines is 3. The number of aryl methyl sites for hydroxylation is 1. The highest BCUT2D eigenvalue weighted by Crippen LogP contribution is 2.48. The second-order valence-electron chi connectivity index (χ2n) is 12.9. The molecule has 2 aliphatic rings. The minimum atomic E-state index is -2.81. The molecule has 2 saturated heterocycles. The first kappa shape index (κ1) is 30.9. The van der Waals surface area contributed by atoms with Gasteiger partial charge in [0.05, 0.1) is 12.7 Å². The Bertz CT molecular complexity index is 1460. The predicted octanol–water partition coefficient (Wildman–Crippen LogP) is 6.00. The monoisotopic (exact) mass is 614 g/mol. The second-order valence-corrected chi connectivity index (χ2v) is 21.8. The van der Waals surface area contributed by atoms with E-state index in [1.54, 1.807) is 0 Å². The fraction of sp³-hybridized carbons (Fsp3) is 0.621. The molecule has 13 heteroatoms. The van der Waals surface area contributed by atoms with E-state index in [0.717, 1.165) is 11.3 Å². The normalized spacial score (nSPS) is 24.0. The molecular weight excluding hydrogens is 569 g/mol. The van der Waals surface area contributed by atoms with Crippen LogP contribution in [0, 0.1) is 6.92 Å². The second kappa shape index (κ2) is 11.5. The molecule has 4 N–H and O–H groups in total. The minimum absolute atomic E-state index is 0.0169. The Labute approximate surface area is 250 Å². The molecule has 2 aromatic heterocycles. The summed E-state index contributed by atoms with van der Waals surface area (Å²) in [6.45, 7) is 20.1. The molecule has 0 radical (unpaired) electrons. The van der Waals surface area contributed by atoms with E-state index in [1.165, 1.54) is 0 Å². The summed E-state index contributed by atoms with van der Waals surface area (Å²) in [5.74, 6) is 0.460. The number of hydrogen-bond acceptors (Lipinski definition) is 9. The van der Waals surface area contributed by atoms with Crippen molar-refractivity contribution in [1.29, 1.82) is 0 Å². The SMILES string of the molecule is Cc1ccc(Nc2nc3c(=O)[nH]c(N)nc3n2[C@H]2C[C@@H]3O[Si](C(C)C)(C(C)C)O[Si](C(C)C)(C(C)C)OC[C@H]3O2)cc1. The number of fused-ring (bicyclic) bond motifs is 2. The number of aromatic nitrogens is 4. The number of nitrogens with zero attached hydrogens (tertiary/aromatic N) is 3. The van der Waals surface area contributed by atoms with E-state index in [-0.39, 0.29) is 45.8 Å². The van der Waals surface area contributed by atoms with E-state index in [9.17, 15) is 4.79 Å². The van der Waals surface area contributed by atoms with Gasteiger partial charge in [0, 0.05) is 12.1 Å². The molecule has 0 unspecified atom stereocenters. The summed E-state index contributed by atoms with van der Waals surface area (Å²) in [6.07, 6.45) is -0.585. The number of ether oxygens (including phenoxy) is 1. The average molecular weight is 615 g/mol. The van der Waals surface area contributed by atoms with E-state index >= 15 is 0 Å². The first-order valence-corrected chi connectivity index (χ1v) is 19.0. The molecule has 5 rings (SSSR count). The Kier molecular flexibility index (Phi) is 8.46. The summed E-state index contributed by atoms with van der Waals surface area (Å²) in [4.78, 5) is 24.6. The molecule has 230 valence electrons. The number of H-pyrrole nitrogens is 1. The maximum Gasteiger partial charge on any atom is 0.335 e. The van der Waals surface area contributed by atoms with Gasteiger partial charge in [-0.3, -0.25) is 14.3 Å². The van der Waals surface area contributed by atoms with E-state index in [1.807, 2.05) is 35.8 Å². The number of aromatic amines is 1. The molecule has 0 aliphatic carbocycles. The van der Waals surface area contributed by atoms with Crippen LogP contribution in [-0.4, -0.2) is 55.5 Å². The van der Waals surface area contributed by atoms with Crippen molar-refractivity contribution in [3.05, 3.63) is 40.2 Å². The van der Waals surface area contributed by atoms with Gasteiger partial charge in [-0.1, -0.05) is 73.1 Å². The van der Waals surface area contributed by atoms with Crippen molar-refractivity contribution in [2.45, 2.75) is 109 Å². The number of imidazole rings is 1. The Morgan fingerprint density at radius 1 is 0.952 bits per heavy atom. The van der Waals surface area contributed by atoms with Gasteiger partial charge in [-0.05, 0) is 41.2 Å². The summed E-state index contributed by atoms with van der Waals surface area (Å²) in [5.41, 5.74) is 8.98. The fourth-order valence-electron chi connectivity index (χ4n) is 6.42. The zero-order chi connectivity index (χ0) is 30.6. The molecule has 0 bridgehead atoms. The van der Waals surface area contributed by atoms with Crippen molar-refractivity contribution < 1.29 is 17.7 Å². The zero-order valence-electron chi connectivity index (χ0n) is 26.2. The number of benzene rings is 1. The van der Waals surface area contributed by atoms with Crippen LogP contribution in [0.3, 0.4) is 0 Å². The van der Waals surface area contributed by atoms with Crippen molar-refractivity contribution in [1.82, 2.24) is 19.5 Å². The van der Waals surface area contributed by atoms with E-state index in [4.69, 9.17) is 23.4 Å². The molecule has 2 aliphatic heterocycles. The third kappa shape index (κ3) is 5.35. The summed E-state index contributed by atoms with van der Waals surface area (Å²) in [7, 11) is -5.51. The third-order valence-corrected chi connectivity index (χ3v) is 19.0. The van der Waals surface area contributed by atoms with Gasteiger partial charge in [-0.25, -0.2) is 4.98 Å². The Hall–Kier alpha value is -2.56. The van der Waals surface area contributed by atoms with Crippen molar-refractivity contribution >= 4 is 45.9 Å². The van der Waals surface area contributed by atoms with Gasteiger partial charge in [-0.15, -0.1) is 0 Å². The van der Waals surface area contributed by atoms with Gasteiger partial charge in [-0.2, -0.15) is 4.98 Å². The highest BCUT2D eigenvalue weighted by atomic mass is 28.5. The minimum Gasteiger partial charge on any atom is -0.414 e. The Morgan fingerprint density at radius 3 is 2.17 bits per heavy atom. The fourth-order valence-corrected chi connectivity index (χ4v) is 17.6. The van der Waals surface area contributed by atoms with Crippen LogP contribution in [0.4, 0.5) is 17.6 Å². The first-order valence-electron chi connectivity index (χ1n) is 15.1. The quantitative estimate of drug-likeness (QED) is 0.274. The average Bonchev–Trinajstić information content (AvgIpc) is 3.45. The van der Waals surface area contributed by atoms with Crippen LogP contribution in [0.1, 0.15) is 73.6 Å². The number of nitrogen functional groups attached to an aromatic ring is 1. The summed E-state index contributed by atoms with van der Waals surface area (Å²) < 4.78 is 30.1. The van der Waals surface area contributed by atoms with Crippen LogP contribution in [0.15, 0.2) is 29.1 Å². The van der Waals surface area contributed by atoms with Crippen molar-refractivity contribution in [2.75, 3.05) is 17.7 Å². The van der Waals surface area contributed by atoms with Crippen molar-refractivity contribution in [3.63, 3.8) is 0 Å². The van der Waals surface area contributed by atoms with Gasteiger partial charge in [0.15, 0.2) is 11.2 Å². The maximum absolute atomic E-state index is 12.9. The van der Waals surface area contributed by atoms with Gasteiger partial charge >= 0.3 is 17.1 Å². The molecular formula is C29H46N6O5Si2. The van der Waals surface area contributed by atoms with Crippen LogP contribution >= 0.6 is 0 Å². The van der Waals surface area contributed by atoms with Gasteiger partial charge in [0.25, 0.3) is 5.56 Å². The standard InChI is InChI=1S/C29H46N6O5Si2/c1-16(2)41(17(3)4)37-15-23-22(39-42(40-41,18(5)6)19(7)8)14-24(38-23)35-26-25(27(36)34-28(30)33-26)32-29(35)31-21-12-10-20(9)11-13-21/h10-13,16-19,22-24H,14-15H2,1-9H3,(H,31,32)(H3,30,33,34,36)/t22-,23+,24+/m0/s1. The van der Waals surface area contributed by atoms with Crippen LogP contribution in [0.2, 0.25) is 22.2 Å². The van der Waals surface area contributed by atoms with E-state index in [0.29, 0.717) is 24.6 Å². The zero-order valence-corrected chi connectivity index (χ0v) is 28.2. The number of nitrogens with two attached hydrogens (primary N) is 1. The lowest BCUT2D eigenvalue weighted by Gasteiger charge is -2.51. The van der Waals surface area contributed by atoms with Crippen LogP contribution in [0.25, 0.3) is 11.2 Å². The summed E-state index contributed by atoms with van der Waals surface area (Å²) in [6, 6.07) is 7.96. The van der Waals surface area contributed by atoms with Gasteiger partial charge < -0.3 is 28.8 Å². The molecule has 2 fully saturated rings. The number of nitrogens with one attached hydrogen (secondary N) is 2. The third-order valence-electron chi connectivity index (χ3n) is 8.69. The molecule has 11 nitrogen and oxygen atoms in total. The highest BCUT2D eigenvalue weighted by molar-refractivity contribution is 6.83. The Balaban J connectivity index is 1.59. The molecule has 4 heterocycles.